The van der Waals surface area contributed by atoms with Crippen LogP contribution in [0.15, 0.2) is 47.4 Å². The summed E-state index contributed by atoms with van der Waals surface area (Å²) in [4.78, 5) is 17.8. The molecule has 118 valence electrons. The third kappa shape index (κ3) is 2.82. The van der Waals surface area contributed by atoms with Crippen molar-refractivity contribution in [3.05, 3.63) is 53.6 Å². The third-order valence-electron chi connectivity index (χ3n) is 4.08. The highest BCUT2D eigenvalue weighted by Crippen LogP contribution is 2.36. The number of ether oxygens (including phenoxy) is 1. The number of furan rings is 1. The molecule has 0 unspecified atom stereocenters. The van der Waals surface area contributed by atoms with E-state index < -0.39 is 0 Å². The van der Waals surface area contributed by atoms with Gasteiger partial charge in [-0.25, -0.2) is 9.78 Å². The second-order valence-electron chi connectivity index (χ2n) is 5.74. The minimum absolute atomic E-state index is 0.00805. The van der Waals surface area contributed by atoms with Crippen LogP contribution >= 0.6 is 11.3 Å². The van der Waals surface area contributed by atoms with E-state index in [0.29, 0.717) is 10.9 Å². The number of carbonyl (C=O) groups is 1. The van der Waals surface area contributed by atoms with Gasteiger partial charge >= 0.3 is 5.97 Å². The van der Waals surface area contributed by atoms with Gasteiger partial charge in [0.1, 0.15) is 22.5 Å². The molecular formula is C17H16N2O3S. The highest BCUT2D eigenvalue weighted by atomic mass is 32.1. The summed E-state index contributed by atoms with van der Waals surface area (Å²) < 4.78 is 13.2. The molecule has 0 radical (unpaired) electrons. The molecule has 3 aromatic rings. The average molecular weight is 328 g/mol. The summed E-state index contributed by atoms with van der Waals surface area (Å²) in [6.45, 7) is 1.90. The SMILES string of the molecule is Cc1ccc(-c2ccc(C(=O)OC3CC(n4ccnc4)C3)s2)o1. The molecule has 0 N–H and O–H groups in total. The van der Waals surface area contributed by atoms with E-state index in [1.165, 1.54) is 11.3 Å². The van der Waals surface area contributed by atoms with Gasteiger partial charge in [-0.3, -0.25) is 0 Å². The number of thiophene rings is 1. The number of rotatable bonds is 4. The van der Waals surface area contributed by atoms with Crippen LogP contribution in [-0.4, -0.2) is 21.6 Å². The Morgan fingerprint density at radius 3 is 2.91 bits per heavy atom. The van der Waals surface area contributed by atoms with Crippen molar-refractivity contribution in [3.63, 3.8) is 0 Å². The topological polar surface area (TPSA) is 57.3 Å². The van der Waals surface area contributed by atoms with Crippen molar-refractivity contribution in [2.75, 3.05) is 0 Å². The van der Waals surface area contributed by atoms with Crippen LogP contribution in [0.4, 0.5) is 0 Å². The Kier molecular flexibility index (Phi) is 3.53. The largest absolute Gasteiger partial charge is 0.461 e. The number of esters is 1. The fourth-order valence-corrected chi connectivity index (χ4v) is 3.57. The maximum Gasteiger partial charge on any atom is 0.348 e. The molecule has 1 aliphatic rings. The van der Waals surface area contributed by atoms with Gasteiger partial charge in [-0.15, -0.1) is 11.3 Å². The maximum absolute atomic E-state index is 12.2. The van der Waals surface area contributed by atoms with Crippen molar-refractivity contribution in [2.24, 2.45) is 0 Å². The molecule has 4 rings (SSSR count). The van der Waals surface area contributed by atoms with E-state index in [4.69, 9.17) is 9.15 Å². The lowest BCUT2D eigenvalue weighted by molar-refractivity contribution is -0.00748. The second kappa shape index (κ2) is 5.70. The van der Waals surface area contributed by atoms with Gasteiger partial charge in [0.05, 0.1) is 11.2 Å². The first kappa shape index (κ1) is 14.3. The molecule has 5 nitrogen and oxygen atoms in total. The van der Waals surface area contributed by atoms with Gasteiger partial charge < -0.3 is 13.7 Å². The summed E-state index contributed by atoms with van der Waals surface area (Å²) in [5, 5.41) is 0. The van der Waals surface area contributed by atoms with Gasteiger partial charge in [0.15, 0.2) is 0 Å². The fraction of sp³-hybridized carbons (Fsp3) is 0.294. The number of aromatic nitrogens is 2. The molecule has 23 heavy (non-hydrogen) atoms. The van der Waals surface area contributed by atoms with E-state index in [1.54, 1.807) is 18.6 Å². The van der Waals surface area contributed by atoms with Crippen LogP contribution < -0.4 is 0 Å². The standard InChI is InChI=1S/C17H16N2O3S/c1-11-2-3-14(21-11)15-4-5-16(23-15)17(20)22-13-8-12(9-13)19-7-6-18-10-19/h2-7,10,12-13H,8-9H2,1H3. The molecule has 0 amide bonds. The molecule has 0 atom stereocenters. The Balaban J connectivity index is 1.36. The first-order chi connectivity index (χ1) is 11.2. The molecule has 0 saturated heterocycles. The van der Waals surface area contributed by atoms with E-state index in [-0.39, 0.29) is 12.1 Å². The van der Waals surface area contributed by atoms with Crippen molar-refractivity contribution in [1.82, 2.24) is 9.55 Å². The molecule has 1 fully saturated rings. The number of imidazole rings is 1. The van der Waals surface area contributed by atoms with Crippen LogP contribution in [0.25, 0.3) is 10.6 Å². The third-order valence-corrected chi connectivity index (χ3v) is 5.16. The molecule has 3 aromatic heterocycles. The normalized spacial score (nSPS) is 20.2. The molecule has 3 heterocycles. The number of hydrogen-bond acceptors (Lipinski definition) is 5. The molecule has 0 bridgehead atoms. The molecule has 1 saturated carbocycles. The summed E-state index contributed by atoms with van der Waals surface area (Å²) in [7, 11) is 0. The van der Waals surface area contributed by atoms with Gasteiger partial charge in [0, 0.05) is 31.3 Å². The summed E-state index contributed by atoms with van der Waals surface area (Å²) in [6.07, 6.45) is 7.20. The summed E-state index contributed by atoms with van der Waals surface area (Å²) in [5.41, 5.74) is 0. The fourth-order valence-electron chi connectivity index (χ4n) is 2.72. The summed E-state index contributed by atoms with van der Waals surface area (Å²) in [5.74, 6) is 1.39. The minimum Gasteiger partial charge on any atom is -0.461 e. The highest BCUT2D eigenvalue weighted by Gasteiger charge is 2.33. The van der Waals surface area contributed by atoms with Crippen molar-refractivity contribution in [3.8, 4) is 10.6 Å². The van der Waals surface area contributed by atoms with Crippen LogP contribution in [0, 0.1) is 6.92 Å². The highest BCUT2D eigenvalue weighted by molar-refractivity contribution is 7.17. The minimum atomic E-state index is -0.251. The van der Waals surface area contributed by atoms with E-state index >= 15 is 0 Å². The smallest absolute Gasteiger partial charge is 0.348 e. The van der Waals surface area contributed by atoms with Crippen LogP contribution in [0.5, 0.6) is 0 Å². The van der Waals surface area contributed by atoms with Crippen LogP contribution in [0.3, 0.4) is 0 Å². The molecule has 1 aliphatic carbocycles. The van der Waals surface area contributed by atoms with Crippen LogP contribution in [0.2, 0.25) is 0 Å². The molecule has 0 aliphatic heterocycles. The maximum atomic E-state index is 12.2. The van der Waals surface area contributed by atoms with Crippen LogP contribution in [0.1, 0.15) is 34.3 Å². The molecular weight excluding hydrogens is 312 g/mol. The first-order valence-corrected chi connectivity index (χ1v) is 8.36. The van der Waals surface area contributed by atoms with Gasteiger partial charge in [-0.05, 0) is 31.2 Å². The summed E-state index contributed by atoms with van der Waals surface area (Å²) >= 11 is 1.40. The van der Waals surface area contributed by atoms with Crippen LogP contribution in [-0.2, 0) is 4.74 Å². The zero-order chi connectivity index (χ0) is 15.8. The number of hydrogen-bond donors (Lipinski definition) is 0. The van der Waals surface area contributed by atoms with E-state index in [1.807, 2.05) is 31.3 Å². The lowest BCUT2D eigenvalue weighted by Crippen LogP contribution is -2.34. The molecule has 0 aromatic carbocycles. The van der Waals surface area contributed by atoms with Gasteiger partial charge in [0.2, 0.25) is 0 Å². The Hall–Kier alpha value is -2.34. The number of aryl methyl sites for hydroxylation is 1. The van der Waals surface area contributed by atoms with Gasteiger partial charge in [0.25, 0.3) is 0 Å². The average Bonchev–Trinajstić information content (AvgIpc) is 3.22. The van der Waals surface area contributed by atoms with Crippen molar-refractivity contribution < 1.29 is 13.9 Å². The predicted octanol–water partition coefficient (Wildman–Crippen LogP) is 4.07. The predicted molar refractivity (Wildman–Crippen MR) is 86.5 cm³/mol. The van der Waals surface area contributed by atoms with Gasteiger partial charge in [-0.1, -0.05) is 0 Å². The number of nitrogens with zero attached hydrogens (tertiary/aromatic N) is 2. The Morgan fingerprint density at radius 1 is 1.35 bits per heavy atom. The van der Waals surface area contributed by atoms with Crippen molar-refractivity contribution in [2.45, 2.75) is 31.9 Å². The lowest BCUT2D eigenvalue weighted by Gasteiger charge is -2.35. The van der Waals surface area contributed by atoms with E-state index in [2.05, 4.69) is 9.55 Å². The van der Waals surface area contributed by atoms with E-state index in [0.717, 1.165) is 29.2 Å². The Morgan fingerprint density at radius 2 is 2.22 bits per heavy atom. The quantitative estimate of drug-likeness (QED) is 0.677. The van der Waals surface area contributed by atoms with Gasteiger partial charge in [-0.2, -0.15) is 0 Å². The molecule has 0 spiro atoms. The Labute approximate surface area is 137 Å². The first-order valence-electron chi connectivity index (χ1n) is 7.54. The zero-order valence-electron chi connectivity index (χ0n) is 12.6. The zero-order valence-corrected chi connectivity index (χ0v) is 13.5. The van der Waals surface area contributed by atoms with E-state index in [9.17, 15) is 4.79 Å². The Bertz CT molecular complexity index is 813. The summed E-state index contributed by atoms with van der Waals surface area (Å²) in [6, 6.07) is 7.91. The molecule has 6 heteroatoms. The van der Waals surface area contributed by atoms with Crippen molar-refractivity contribution in [1.29, 1.82) is 0 Å². The van der Waals surface area contributed by atoms with Crippen molar-refractivity contribution >= 4 is 17.3 Å². The second-order valence-corrected chi connectivity index (χ2v) is 6.82. The monoisotopic (exact) mass is 328 g/mol. The lowest BCUT2D eigenvalue weighted by atomic mass is 9.89. The number of carbonyl (C=O) groups excluding carboxylic acids is 1.